The first-order valence-electron chi connectivity index (χ1n) is 9.35. The first-order chi connectivity index (χ1) is 14.5. The van der Waals surface area contributed by atoms with E-state index in [9.17, 15) is 10.1 Å². The molecule has 1 saturated heterocycles. The Hall–Kier alpha value is -2.63. The molecule has 0 bridgehead atoms. The minimum atomic E-state index is -0.318. The van der Waals surface area contributed by atoms with Crippen LogP contribution in [0.3, 0.4) is 0 Å². The van der Waals surface area contributed by atoms with Crippen LogP contribution in [0.25, 0.3) is 0 Å². The number of methoxy groups -OCH3 is 2. The number of thioether (sulfide) groups is 1. The van der Waals surface area contributed by atoms with Crippen molar-refractivity contribution < 1.29 is 14.3 Å². The minimum absolute atomic E-state index is 0.00161. The molecule has 0 N–H and O–H groups in total. The third-order valence-electron chi connectivity index (χ3n) is 5.30. The van der Waals surface area contributed by atoms with Gasteiger partial charge >= 0.3 is 0 Å². The fourth-order valence-electron chi connectivity index (χ4n) is 3.76. The smallest absolute Gasteiger partial charge is 0.229 e. The lowest BCUT2D eigenvalue weighted by atomic mass is 9.86. The van der Waals surface area contributed by atoms with Gasteiger partial charge in [0.1, 0.15) is 11.5 Å². The summed E-state index contributed by atoms with van der Waals surface area (Å²) in [6.45, 7) is 0.418. The van der Waals surface area contributed by atoms with Crippen LogP contribution in [0.1, 0.15) is 17.9 Å². The van der Waals surface area contributed by atoms with Gasteiger partial charge in [-0.15, -0.1) is 0 Å². The molecule has 1 atom stereocenters. The molecule has 2 aliphatic rings. The number of carbonyl (C=O) groups excluding carboxylic acids is 1. The van der Waals surface area contributed by atoms with Crippen molar-refractivity contribution in [3.63, 3.8) is 0 Å². The Morgan fingerprint density at radius 1 is 1.17 bits per heavy atom. The van der Waals surface area contributed by atoms with Crippen molar-refractivity contribution in [3.8, 4) is 17.6 Å². The monoisotopic (exact) mass is 485 g/mol. The molecule has 0 unspecified atom stereocenters. The zero-order valence-electron chi connectivity index (χ0n) is 16.6. The normalized spacial score (nSPS) is 18.7. The first-order valence-corrected chi connectivity index (χ1v) is 11.1. The lowest BCUT2D eigenvalue weighted by Crippen LogP contribution is -2.47. The Bertz CT molecular complexity index is 1050. The van der Waals surface area contributed by atoms with Crippen molar-refractivity contribution >= 4 is 39.3 Å². The van der Waals surface area contributed by atoms with E-state index in [2.05, 4.69) is 26.9 Å². The van der Waals surface area contributed by atoms with E-state index < -0.39 is 0 Å². The number of hydrogen-bond donors (Lipinski definition) is 0. The molecule has 2 aromatic carbocycles. The predicted octanol–water partition coefficient (Wildman–Crippen LogP) is 4.69. The van der Waals surface area contributed by atoms with Gasteiger partial charge < -0.3 is 14.4 Å². The number of ether oxygens (including phenoxy) is 2. The number of nitriles is 1. The highest BCUT2D eigenvalue weighted by Gasteiger charge is 2.39. The van der Waals surface area contributed by atoms with Crippen LogP contribution in [0, 0.1) is 11.3 Å². The van der Waals surface area contributed by atoms with Crippen molar-refractivity contribution in [2.24, 2.45) is 0 Å². The Kier molecular flexibility index (Phi) is 5.93. The molecule has 8 heteroatoms. The molecule has 1 amide bonds. The van der Waals surface area contributed by atoms with Crippen LogP contribution >= 0.6 is 27.7 Å². The van der Waals surface area contributed by atoms with Crippen LogP contribution in [0.5, 0.6) is 11.5 Å². The summed E-state index contributed by atoms with van der Waals surface area (Å²) in [5, 5.41) is 10.7. The molecule has 1 fully saturated rings. The molecule has 2 aliphatic heterocycles. The van der Waals surface area contributed by atoms with Gasteiger partial charge in [-0.1, -0.05) is 27.7 Å². The number of amides is 1. The van der Waals surface area contributed by atoms with E-state index in [-0.39, 0.29) is 18.2 Å². The van der Waals surface area contributed by atoms with Crippen molar-refractivity contribution in [1.29, 1.82) is 5.26 Å². The number of fused-ring (bicyclic) bond motifs is 1. The second-order valence-electron chi connectivity index (χ2n) is 6.95. The maximum atomic E-state index is 13.1. The van der Waals surface area contributed by atoms with Crippen LogP contribution in [-0.4, -0.2) is 37.6 Å². The lowest BCUT2D eigenvalue weighted by molar-refractivity contribution is -0.129. The molecular weight excluding hydrogens is 466 g/mol. The maximum absolute atomic E-state index is 13.1. The number of benzene rings is 2. The fraction of sp³-hybridized carbons (Fsp3) is 0.273. The van der Waals surface area contributed by atoms with Gasteiger partial charge in [-0.05, 0) is 42.5 Å². The number of halogens is 1. The summed E-state index contributed by atoms with van der Waals surface area (Å²) in [5.41, 5.74) is 2.47. The predicted molar refractivity (Wildman–Crippen MR) is 120 cm³/mol. The highest BCUT2D eigenvalue weighted by molar-refractivity contribution is 9.10. The standard InChI is InChI=1S/C22H20BrN3O3S/c1-28-16-6-4-15(5-7-16)25-12-26-21(27)10-17(19(11-24)22(26)30-13-25)18-9-14(23)3-8-20(18)29-2/h3-9,17H,10,12-13H2,1-2H3/t17-/m0/s1. The summed E-state index contributed by atoms with van der Waals surface area (Å²) < 4.78 is 11.6. The average Bonchev–Trinajstić information content (AvgIpc) is 2.79. The van der Waals surface area contributed by atoms with Gasteiger partial charge in [0.2, 0.25) is 5.91 Å². The molecular formula is C22H20BrN3O3S. The fourth-order valence-corrected chi connectivity index (χ4v) is 5.31. The summed E-state index contributed by atoms with van der Waals surface area (Å²) in [6, 6.07) is 15.8. The average molecular weight is 486 g/mol. The van der Waals surface area contributed by atoms with Crippen molar-refractivity contribution in [3.05, 3.63) is 63.1 Å². The summed E-state index contributed by atoms with van der Waals surface area (Å²) in [5.74, 6) is 1.80. The Balaban J connectivity index is 1.67. The molecule has 2 aromatic rings. The van der Waals surface area contributed by atoms with Gasteiger partial charge in [0.25, 0.3) is 0 Å². The highest BCUT2D eigenvalue weighted by Crippen LogP contribution is 2.45. The molecule has 0 aromatic heterocycles. The van der Waals surface area contributed by atoms with E-state index in [0.29, 0.717) is 23.9 Å². The Morgan fingerprint density at radius 2 is 1.93 bits per heavy atom. The molecule has 0 radical (unpaired) electrons. The number of carbonyl (C=O) groups is 1. The quantitative estimate of drug-likeness (QED) is 0.625. The molecule has 0 saturated carbocycles. The van der Waals surface area contributed by atoms with Crippen LogP contribution in [0.4, 0.5) is 5.69 Å². The van der Waals surface area contributed by atoms with Crippen LogP contribution in [0.2, 0.25) is 0 Å². The van der Waals surface area contributed by atoms with E-state index in [1.54, 1.807) is 19.1 Å². The third kappa shape index (κ3) is 3.75. The first kappa shape index (κ1) is 20.6. The number of rotatable bonds is 4. The molecule has 0 spiro atoms. The van der Waals surface area contributed by atoms with E-state index in [1.165, 1.54) is 11.8 Å². The van der Waals surface area contributed by atoms with E-state index in [1.807, 2.05) is 42.5 Å². The molecule has 4 rings (SSSR count). The van der Waals surface area contributed by atoms with Gasteiger partial charge in [0.05, 0.1) is 43.4 Å². The molecule has 2 heterocycles. The second kappa shape index (κ2) is 8.62. The maximum Gasteiger partial charge on any atom is 0.229 e. The van der Waals surface area contributed by atoms with Crippen molar-refractivity contribution in [2.45, 2.75) is 12.3 Å². The summed E-state index contributed by atoms with van der Waals surface area (Å²) >= 11 is 5.01. The van der Waals surface area contributed by atoms with Gasteiger partial charge in [-0.3, -0.25) is 9.69 Å². The second-order valence-corrected chi connectivity index (χ2v) is 8.80. The van der Waals surface area contributed by atoms with Crippen LogP contribution in [0.15, 0.2) is 57.5 Å². The van der Waals surface area contributed by atoms with Crippen molar-refractivity contribution in [2.75, 3.05) is 31.7 Å². The van der Waals surface area contributed by atoms with Crippen LogP contribution in [-0.2, 0) is 4.79 Å². The van der Waals surface area contributed by atoms with Gasteiger partial charge in [0, 0.05) is 28.1 Å². The lowest BCUT2D eigenvalue weighted by Gasteiger charge is -2.42. The van der Waals surface area contributed by atoms with E-state index in [0.717, 1.165) is 26.5 Å². The number of allylic oxidation sites excluding steroid dienone is 1. The van der Waals surface area contributed by atoms with Crippen LogP contribution < -0.4 is 14.4 Å². The molecule has 30 heavy (non-hydrogen) atoms. The van der Waals surface area contributed by atoms with Gasteiger partial charge in [0.15, 0.2) is 0 Å². The van der Waals surface area contributed by atoms with E-state index in [4.69, 9.17) is 9.47 Å². The zero-order valence-corrected chi connectivity index (χ0v) is 19.0. The highest BCUT2D eigenvalue weighted by atomic mass is 79.9. The minimum Gasteiger partial charge on any atom is -0.497 e. The largest absolute Gasteiger partial charge is 0.497 e. The van der Waals surface area contributed by atoms with E-state index >= 15 is 0 Å². The Morgan fingerprint density at radius 3 is 2.60 bits per heavy atom. The molecule has 6 nitrogen and oxygen atoms in total. The third-order valence-corrected chi connectivity index (χ3v) is 6.95. The number of anilines is 1. The Labute approximate surface area is 188 Å². The number of hydrogen-bond acceptors (Lipinski definition) is 6. The molecule has 0 aliphatic carbocycles. The van der Waals surface area contributed by atoms with Gasteiger partial charge in [-0.25, -0.2) is 0 Å². The molecule has 154 valence electrons. The summed E-state index contributed by atoms with van der Waals surface area (Å²) in [7, 11) is 3.24. The topological polar surface area (TPSA) is 65.8 Å². The SMILES string of the molecule is COc1ccc(N2CSC3=C(C#N)[C@H](c4cc(Br)ccc4OC)CC(=O)N3C2)cc1. The number of nitrogens with zero attached hydrogens (tertiary/aromatic N) is 3. The summed E-state index contributed by atoms with van der Waals surface area (Å²) in [4.78, 5) is 16.9. The zero-order chi connectivity index (χ0) is 21.3. The van der Waals surface area contributed by atoms with Crippen molar-refractivity contribution in [1.82, 2.24) is 4.90 Å². The summed E-state index contributed by atoms with van der Waals surface area (Å²) in [6.07, 6.45) is 0.232. The van der Waals surface area contributed by atoms with Gasteiger partial charge in [-0.2, -0.15) is 5.26 Å².